The fourth-order valence-corrected chi connectivity index (χ4v) is 2.21. The molecule has 0 heterocycles. The predicted octanol–water partition coefficient (Wildman–Crippen LogP) is 3.85. The van der Waals surface area contributed by atoms with Crippen molar-refractivity contribution in [2.75, 3.05) is 7.11 Å². The number of hydrogen-bond acceptors (Lipinski definition) is 2. The van der Waals surface area contributed by atoms with Crippen LogP contribution in [-0.2, 0) is 14.9 Å². The Hall–Kier alpha value is -1.09. The van der Waals surface area contributed by atoms with Crippen LogP contribution in [-0.4, -0.2) is 13.1 Å². The molecule has 0 fully saturated rings. The molecular formula is C14H17BrO2. The Balaban J connectivity index is 3.13. The Morgan fingerprint density at radius 2 is 2.29 bits per heavy atom. The van der Waals surface area contributed by atoms with Gasteiger partial charge in [-0.2, -0.15) is 0 Å². The van der Waals surface area contributed by atoms with Gasteiger partial charge >= 0.3 is 5.97 Å². The molecule has 17 heavy (non-hydrogen) atoms. The first kappa shape index (κ1) is 14.0. The summed E-state index contributed by atoms with van der Waals surface area (Å²) in [6.07, 6.45) is 3.29. The topological polar surface area (TPSA) is 26.3 Å². The third kappa shape index (κ3) is 3.19. The highest BCUT2D eigenvalue weighted by Gasteiger charge is 2.35. The molecule has 3 heteroatoms. The van der Waals surface area contributed by atoms with Gasteiger partial charge in [-0.3, -0.25) is 4.79 Å². The number of allylic oxidation sites excluding steroid dienone is 1. The van der Waals surface area contributed by atoms with E-state index in [1.54, 1.807) is 0 Å². The lowest BCUT2D eigenvalue weighted by Crippen LogP contribution is -2.33. The zero-order valence-electron chi connectivity index (χ0n) is 10.2. The first-order valence-corrected chi connectivity index (χ1v) is 6.29. The highest BCUT2D eigenvalue weighted by molar-refractivity contribution is 9.10. The summed E-state index contributed by atoms with van der Waals surface area (Å²) in [6.45, 7) is 5.61. The average Bonchev–Trinajstić information content (AvgIpc) is 2.34. The normalized spacial score (nSPS) is 13.8. The van der Waals surface area contributed by atoms with Gasteiger partial charge in [-0.05, 0) is 37.5 Å². The molecule has 0 amide bonds. The Morgan fingerprint density at radius 3 is 2.82 bits per heavy atom. The lowest BCUT2D eigenvalue weighted by molar-refractivity contribution is -0.147. The number of carbonyl (C=O) groups excluding carboxylic acids is 1. The number of halogens is 1. The minimum Gasteiger partial charge on any atom is -0.468 e. The van der Waals surface area contributed by atoms with E-state index in [2.05, 4.69) is 22.5 Å². The molecule has 1 atom stereocenters. The summed E-state index contributed by atoms with van der Waals surface area (Å²) in [5.41, 5.74) is 0.341. The van der Waals surface area contributed by atoms with E-state index in [4.69, 9.17) is 4.74 Å². The van der Waals surface area contributed by atoms with Gasteiger partial charge in [0.2, 0.25) is 0 Å². The maximum Gasteiger partial charge on any atom is 0.316 e. The summed E-state index contributed by atoms with van der Waals surface area (Å²) in [4.78, 5) is 12.0. The quantitative estimate of drug-likeness (QED) is 0.609. The summed E-state index contributed by atoms with van der Waals surface area (Å²) in [7, 11) is 1.42. The van der Waals surface area contributed by atoms with Crippen LogP contribution >= 0.6 is 15.9 Å². The van der Waals surface area contributed by atoms with E-state index in [0.29, 0.717) is 6.42 Å². The first-order chi connectivity index (χ1) is 8.04. The van der Waals surface area contributed by atoms with E-state index < -0.39 is 5.41 Å². The second-order valence-corrected chi connectivity index (χ2v) is 5.08. The van der Waals surface area contributed by atoms with Gasteiger partial charge in [0.1, 0.15) is 0 Å². The van der Waals surface area contributed by atoms with Crippen molar-refractivity contribution in [1.29, 1.82) is 0 Å². The molecule has 0 saturated carbocycles. The molecule has 0 aromatic heterocycles. The SMILES string of the molecule is C=CCCC(C)(C(=O)OC)c1cccc(Br)c1. The second-order valence-electron chi connectivity index (χ2n) is 4.16. The number of ether oxygens (including phenoxy) is 1. The average molecular weight is 297 g/mol. The third-order valence-electron chi connectivity index (χ3n) is 2.95. The molecule has 92 valence electrons. The van der Waals surface area contributed by atoms with Crippen LogP contribution in [0.2, 0.25) is 0 Å². The fraction of sp³-hybridized carbons (Fsp3) is 0.357. The van der Waals surface area contributed by atoms with E-state index in [9.17, 15) is 4.79 Å². The summed E-state index contributed by atoms with van der Waals surface area (Å²) in [5, 5.41) is 0. The first-order valence-electron chi connectivity index (χ1n) is 5.50. The van der Waals surface area contributed by atoms with Crippen LogP contribution in [0.3, 0.4) is 0 Å². The number of methoxy groups -OCH3 is 1. The van der Waals surface area contributed by atoms with E-state index >= 15 is 0 Å². The second kappa shape index (κ2) is 6.01. The molecule has 0 bridgehead atoms. The zero-order chi connectivity index (χ0) is 12.9. The summed E-state index contributed by atoms with van der Waals surface area (Å²) < 4.78 is 5.88. The standard InChI is InChI=1S/C14H17BrO2/c1-4-5-9-14(2,13(16)17-3)11-7-6-8-12(15)10-11/h4,6-8,10H,1,5,9H2,2-3H3. The minimum absolute atomic E-state index is 0.211. The number of esters is 1. The molecule has 2 nitrogen and oxygen atoms in total. The zero-order valence-corrected chi connectivity index (χ0v) is 11.8. The molecule has 0 radical (unpaired) electrons. The summed E-state index contributed by atoms with van der Waals surface area (Å²) in [5.74, 6) is -0.211. The van der Waals surface area contributed by atoms with Crippen molar-refractivity contribution in [2.24, 2.45) is 0 Å². The number of rotatable bonds is 5. The van der Waals surface area contributed by atoms with Crippen LogP contribution < -0.4 is 0 Å². The molecule has 1 aromatic rings. The van der Waals surface area contributed by atoms with Crippen LogP contribution in [0.15, 0.2) is 41.4 Å². The highest BCUT2D eigenvalue weighted by atomic mass is 79.9. The molecule has 0 aliphatic carbocycles. The fourth-order valence-electron chi connectivity index (χ4n) is 1.81. The lowest BCUT2D eigenvalue weighted by atomic mass is 9.78. The molecule has 1 unspecified atom stereocenters. The molecule has 0 spiro atoms. The Bertz CT molecular complexity index is 414. The maximum atomic E-state index is 12.0. The van der Waals surface area contributed by atoms with Gasteiger partial charge in [-0.1, -0.05) is 34.1 Å². The smallest absolute Gasteiger partial charge is 0.316 e. The minimum atomic E-state index is -0.618. The van der Waals surface area contributed by atoms with Gasteiger partial charge in [-0.15, -0.1) is 6.58 Å². The van der Waals surface area contributed by atoms with E-state index in [-0.39, 0.29) is 5.97 Å². The maximum absolute atomic E-state index is 12.0. The van der Waals surface area contributed by atoms with Gasteiger partial charge in [0, 0.05) is 4.47 Å². The van der Waals surface area contributed by atoms with Crippen molar-refractivity contribution >= 4 is 21.9 Å². The van der Waals surface area contributed by atoms with E-state index in [1.807, 2.05) is 37.3 Å². The van der Waals surface area contributed by atoms with Crippen LogP contribution in [0, 0.1) is 0 Å². The lowest BCUT2D eigenvalue weighted by Gasteiger charge is -2.27. The van der Waals surface area contributed by atoms with Crippen LogP contribution in [0.1, 0.15) is 25.3 Å². The summed E-state index contributed by atoms with van der Waals surface area (Å²) >= 11 is 3.42. The van der Waals surface area contributed by atoms with Gasteiger partial charge in [0.15, 0.2) is 0 Å². The molecule has 1 aromatic carbocycles. The molecule has 1 rings (SSSR count). The van der Waals surface area contributed by atoms with Crippen molar-refractivity contribution in [1.82, 2.24) is 0 Å². The van der Waals surface area contributed by atoms with Crippen LogP contribution in [0.25, 0.3) is 0 Å². The molecule has 0 aliphatic rings. The number of benzene rings is 1. The number of carbonyl (C=O) groups is 1. The molecular weight excluding hydrogens is 280 g/mol. The van der Waals surface area contributed by atoms with Crippen molar-refractivity contribution in [2.45, 2.75) is 25.2 Å². The largest absolute Gasteiger partial charge is 0.468 e. The van der Waals surface area contributed by atoms with Crippen molar-refractivity contribution in [3.63, 3.8) is 0 Å². The van der Waals surface area contributed by atoms with E-state index in [0.717, 1.165) is 16.5 Å². The summed E-state index contributed by atoms with van der Waals surface area (Å²) in [6, 6.07) is 7.77. The molecule has 0 N–H and O–H groups in total. The van der Waals surface area contributed by atoms with Crippen molar-refractivity contribution < 1.29 is 9.53 Å². The monoisotopic (exact) mass is 296 g/mol. The van der Waals surface area contributed by atoms with Crippen molar-refractivity contribution in [3.8, 4) is 0 Å². The van der Waals surface area contributed by atoms with Crippen LogP contribution in [0.5, 0.6) is 0 Å². The molecule has 0 saturated heterocycles. The predicted molar refractivity (Wildman–Crippen MR) is 72.9 cm³/mol. The Kier molecular flexibility index (Phi) is 4.94. The van der Waals surface area contributed by atoms with Gasteiger partial charge in [-0.25, -0.2) is 0 Å². The van der Waals surface area contributed by atoms with Gasteiger partial charge in [0.05, 0.1) is 12.5 Å². The molecule has 0 aliphatic heterocycles. The Morgan fingerprint density at radius 1 is 1.59 bits per heavy atom. The van der Waals surface area contributed by atoms with Gasteiger partial charge < -0.3 is 4.74 Å². The number of hydrogen-bond donors (Lipinski definition) is 0. The highest BCUT2D eigenvalue weighted by Crippen LogP contribution is 2.32. The van der Waals surface area contributed by atoms with Crippen molar-refractivity contribution in [3.05, 3.63) is 47.0 Å². The Labute approximate surface area is 111 Å². The van der Waals surface area contributed by atoms with Crippen LogP contribution in [0.4, 0.5) is 0 Å². The third-order valence-corrected chi connectivity index (χ3v) is 3.44. The van der Waals surface area contributed by atoms with E-state index in [1.165, 1.54) is 7.11 Å². The van der Waals surface area contributed by atoms with Gasteiger partial charge in [0.25, 0.3) is 0 Å².